The van der Waals surface area contributed by atoms with E-state index in [2.05, 4.69) is 6.58 Å². The molecule has 10 heteroatoms. The summed E-state index contributed by atoms with van der Waals surface area (Å²) in [5, 5.41) is 1.86. The van der Waals surface area contributed by atoms with Crippen molar-refractivity contribution in [3.63, 3.8) is 0 Å². The van der Waals surface area contributed by atoms with E-state index in [0.29, 0.717) is 27.6 Å². The molecule has 188 valence electrons. The Labute approximate surface area is 215 Å². The summed E-state index contributed by atoms with van der Waals surface area (Å²) in [6, 6.07) is 12.5. The zero-order chi connectivity index (χ0) is 25.8. The summed E-state index contributed by atoms with van der Waals surface area (Å²) in [5.74, 6) is -1.44. The van der Waals surface area contributed by atoms with E-state index in [1.807, 2.05) is 6.07 Å². The Kier molecular flexibility index (Phi) is 8.99. The lowest BCUT2D eigenvalue weighted by Crippen LogP contribution is -2.56. The Hall–Kier alpha value is -2.39. The smallest absolute Gasteiger partial charge is 0.308 e. The summed E-state index contributed by atoms with van der Waals surface area (Å²) in [6.07, 6.45) is -1.89. The van der Waals surface area contributed by atoms with E-state index in [1.54, 1.807) is 49.4 Å². The number of morpholine rings is 1. The molecule has 0 N–H and O–H groups in total. The van der Waals surface area contributed by atoms with E-state index in [9.17, 15) is 18.0 Å². The van der Waals surface area contributed by atoms with Crippen LogP contribution in [0.3, 0.4) is 0 Å². The second kappa shape index (κ2) is 11.6. The van der Waals surface area contributed by atoms with Gasteiger partial charge in [-0.15, -0.1) is 0 Å². The topological polar surface area (TPSA) is 90.0 Å². The van der Waals surface area contributed by atoms with Crippen molar-refractivity contribution in [1.82, 2.24) is 4.90 Å². The Morgan fingerprint density at radius 2 is 1.86 bits per heavy atom. The number of esters is 1. The number of methoxy groups -OCH3 is 1. The normalized spacial score (nSPS) is 21.4. The molecular formula is C25H27Cl2NO6S. The molecule has 1 saturated heterocycles. The quantitative estimate of drug-likeness (QED) is 0.421. The van der Waals surface area contributed by atoms with E-state index in [1.165, 1.54) is 12.0 Å². The van der Waals surface area contributed by atoms with Gasteiger partial charge in [0.1, 0.15) is 12.2 Å². The van der Waals surface area contributed by atoms with Crippen LogP contribution in [0.1, 0.15) is 43.0 Å². The first kappa shape index (κ1) is 27.2. The summed E-state index contributed by atoms with van der Waals surface area (Å²) in [6.45, 7) is 5.20. The minimum absolute atomic E-state index is 0.319. The van der Waals surface area contributed by atoms with E-state index in [0.717, 1.165) is 5.41 Å². The second-order valence-corrected chi connectivity index (χ2v) is 11.0. The van der Waals surface area contributed by atoms with Gasteiger partial charge in [-0.3, -0.25) is 9.59 Å². The number of hydrogen-bond acceptors (Lipinski definition) is 6. The number of sulfone groups is 1. The molecule has 7 nitrogen and oxygen atoms in total. The Balaban J connectivity index is 2.21. The van der Waals surface area contributed by atoms with Crippen molar-refractivity contribution < 1.29 is 27.5 Å². The van der Waals surface area contributed by atoms with Gasteiger partial charge in [0.05, 0.1) is 25.3 Å². The fourth-order valence-corrected chi connectivity index (χ4v) is 5.60. The van der Waals surface area contributed by atoms with Gasteiger partial charge in [-0.2, -0.15) is 0 Å². The number of halogens is 2. The molecule has 1 aliphatic rings. The van der Waals surface area contributed by atoms with E-state index < -0.39 is 46.0 Å². The number of nitrogens with zero attached hydrogens (tertiary/aromatic N) is 1. The molecule has 3 rings (SSSR count). The van der Waals surface area contributed by atoms with E-state index in [4.69, 9.17) is 32.7 Å². The number of carbonyl (C=O) groups excluding carboxylic acids is 2. The van der Waals surface area contributed by atoms with Crippen molar-refractivity contribution in [2.75, 3.05) is 12.9 Å². The first-order chi connectivity index (χ1) is 16.6. The predicted octanol–water partition coefficient (Wildman–Crippen LogP) is 4.90. The van der Waals surface area contributed by atoms with Crippen LogP contribution in [0.4, 0.5) is 0 Å². The van der Waals surface area contributed by atoms with Crippen LogP contribution < -0.4 is 0 Å². The molecule has 0 saturated carbocycles. The van der Waals surface area contributed by atoms with Gasteiger partial charge in [0, 0.05) is 21.5 Å². The maximum Gasteiger partial charge on any atom is 0.308 e. The lowest BCUT2D eigenvalue weighted by molar-refractivity contribution is -0.183. The van der Waals surface area contributed by atoms with E-state index in [-0.39, 0.29) is 12.2 Å². The number of rotatable bonds is 9. The minimum Gasteiger partial charge on any atom is -0.469 e. The number of hydrogen-bond donors (Lipinski definition) is 0. The molecule has 35 heavy (non-hydrogen) atoms. The lowest BCUT2D eigenvalue weighted by Gasteiger charge is -2.48. The summed E-state index contributed by atoms with van der Waals surface area (Å²) in [7, 11) is -2.43. The van der Waals surface area contributed by atoms with Crippen LogP contribution in [-0.4, -0.2) is 50.2 Å². The largest absolute Gasteiger partial charge is 0.469 e. The van der Waals surface area contributed by atoms with Gasteiger partial charge in [0.25, 0.3) is 5.91 Å². The Bertz CT molecular complexity index is 1180. The van der Waals surface area contributed by atoms with Gasteiger partial charge in [0.2, 0.25) is 0 Å². The molecule has 1 aliphatic heterocycles. The summed E-state index contributed by atoms with van der Waals surface area (Å²) in [4.78, 5) is 27.4. The van der Waals surface area contributed by atoms with Crippen molar-refractivity contribution in [3.8, 4) is 0 Å². The molecule has 4 atom stereocenters. The van der Waals surface area contributed by atoms with Crippen LogP contribution in [0, 0.1) is 0 Å². The molecule has 0 radical (unpaired) electrons. The Morgan fingerprint density at radius 3 is 2.43 bits per heavy atom. The van der Waals surface area contributed by atoms with Gasteiger partial charge in [-0.05, 0) is 41.8 Å². The number of ether oxygens (including phenoxy) is 2. The standard InChI is InChI=1S/C25H27Cl2NO6S/c1-4-20(15-35(31,32)5-2)28-23(16-9-11-18(26)12-10-16)24(17-7-6-8-19(27)13-17)34-21(25(28)30)14-22(29)33-3/h5-13,20-21,23-24H,2,4,14-15H2,1,3H3/t20-,21+,23+,24+/m0/s1. The third-order valence-corrected chi connectivity index (χ3v) is 7.78. The summed E-state index contributed by atoms with van der Waals surface area (Å²) >= 11 is 12.4. The second-order valence-electron chi connectivity index (χ2n) is 8.18. The van der Waals surface area contributed by atoms with E-state index >= 15 is 0 Å². The maximum atomic E-state index is 13.8. The van der Waals surface area contributed by atoms with Gasteiger partial charge < -0.3 is 14.4 Å². The predicted molar refractivity (Wildman–Crippen MR) is 135 cm³/mol. The SMILES string of the molecule is C=CS(=O)(=O)C[C@H](CC)N1C(=O)[C@@H](CC(=O)OC)O[C@H](c2cccc(Cl)c2)[C@H]1c1ccc(Cl)cc1. The average molecular weight is 540 g/mol. The van der Waals surface area contributed by atoms with Crippen LogP contribution in [0.5, 0.6) is 0 Å². The van der Waals surface area contributed by atoms with Crippen molar-refractivity contribution >= 4 is 44.9 Å². The Morgan fingerprint density at radius 1 is 1.17 bits per heavy atom. The fraction of sp³-hybridized carbons (Fsp3) is 0.360. The monoisotopic (exact) mass is 539 g/mol. The van der Waals surface area contributed by atoms with Gasteiger partial charge in [-0.1, -0.05) is 61.0 Å². The lowest BCUT2D eigenvalue weighted by atomic mass is 9.89. The highest BCUT2D eigenvalue weighted by Gasteiger charge is 2.47. The molecule has 2 aromatic rings. The van der Waals surface area contributed by atoms with Crippen molar-refractivity contribution in [1.29, 1.82) is 0 Å². The summed E-state index contributed by atoms with van der Waals surface area (Å²) < 4.78 is 36.0. The first-order valence-corrected chi connectivity index (χ1v) is 13.5. The number of carbonyl (C=O) groups is 2. The average Bonchev–Trinajstić information content (AvgIpc) is 2.84. The maximum absolute atomic E-state index is 13.8. The third-order valence-electron chi connectivity index (χ3n) is 5.94. The zero-order valence-corrected chi connectivity index (χ0v) is 21.7. The highest BCUT2D eigenvalue weighted by atomic mass is 35.5. The molecule has 0 aromatic heterocycles. The number of amides is 1. The van der Waals surface area contributed by atoms with Gasteiger partial charge in [0.15, 0.2) is 9.84 Å². The summed E-state index contributed by atoms with van der Waals surface area (Å²) in [5.41, 5.74) is 1.37. The van der Waals surface area contributed by atoms with Crippen LogP contribution >= 0.6 is 23.2 Å². The van der Waals surface area contributed by atoms with Gasteiger partial charge >= 0.3 is 5.97 Å². The van der Waals surface area contributed by atoms with Crippen LogP contribution in [0.2, 0.25) is 10.0 Å². The van der Waals surface area contributed by atoms with Gasteiger partial charge in [-0.25, -0.2) is 8.42 Å². The molecule has 1 heterocycles. The molecule has 0 unspecified atom stereocenters. The van der Waals surface area contributed by atoms with Crippen LogP contribution in [0.15, 0.2) is 60.5 Å². The third kappa shape index (κ3) is 6.44. The van der Waals surface area contributed by atoms with Crippen molar-refractivity contribution in [2.24, 2.45) is 0 Å². The zero-order valence-electron chi connectivity index (χ0n) is 19.4. The molecule has 0 spiro atoms. The molecule has 0 aliphatic carbocycles. The fourth-order valence-electron chi connectivity index (χ4n) is 4.21. The van der Waals surface area contributed by atoms with Crippen molar-refractivity contribution in [2.45, 2.75) is 44.1 Å². The molecule has 1 fully saturated rings. The molecule has 2 aromatic carbocycles. The highest BCUT2D eigenvalue weighted by Crippen LogP contribution is 2.44. The number of benzene rings is 2. The van der Waals surface area contributed by atoms with Crippen LogP contribution in [-0.2, 0) is 28.9 Å². The first-order valence-electron chi connectivity index (χ1n) is 11.0. The van der Waals surface area contributed by atoms with Crippen molar-refractivity contribution in [3.05, 3.63) is 81.7 Å². The van der Waals surface area contributed by atoms with Crippen LogP contribution in [0.25, 0.3) is 0 Å². The molecule has 0 bridgehead atoms. The molecule has 1 amide bonds. The molecular weight excluding hydrogens is 513 g/mol. The highest BCUT2D eigenvalue weighted by molar-refractivity contribution is 7.94. The minimum atomic E-state index is -3.65.